The Balaban J connectivity index is 1.71. The summed E-state index contributed by atoms with van der Waals surface area (Å²) in [5.74, 6) is 0. The third kappa shape index (κ3) is 4.56. The second-order valence-corrected chi connectivity index (χ2v) is 6.34. The van der Waals surface area contributed by atoms with Crippen LogP contribution >= 0.6 is 0 Å². The van der Waals surface area contributed by atoms with Crippen LogP contribution < -0.4 is 5.32 Å². The fraction of sp³-hybridized carbons (Fsp3) is 0.667. The molecule has 1 aromatic rings. The normalized spacial score (nSPS) is 17.2. The standard InChI is InChI=1S/C15H25N3O2/c1-15(2,3)20-14(19)18-8-5-13(6-9-18)17-11-12-4-7-16-10-12/h4,7,10,13,16-17H,5-6,8-9,11H2,1-3H3. The van der Waals surface area contributed by atoms with Crippen molar-refractivity contribution in [3.05, 3.63) is 24.0 Å². The molecular weight excluding hydrogens is 254 g/mol. The number of hydrogen-bond acceptors (Lipinski definition) is 3. The van der Waals surface area contributed by atoms with Gasteiger partial charge in [-0.15, -0.1) is 0 Å². The molecule has 2 rings (SSSR count). The van der Waals surface area contributed by atoms with Crippen molar-refractivity contribution in [2.24, 2.45) is 0 Å². The Morgan fingerprint density at radius 2 is 2.15 bits per heavy atom. The molecule has 0 unspecified atom stereocenters. The Kier molecular flexibility index (Phi) is 4.70. The van der Waals surface area contributed by atoms with Gasteiger partial charge in [0.25, 0.3) is 0 Å². The molecule has 0 saturated carbocycles. The van der Waals surface area contributed by atoms with Crippen LogP contribution in [0.4, 0.5) is 4.79 Å². The first-order chi connectivity index (χ1) is 9.44. The molecule has 1 saturated heterocycles. The first-order valence-corrected chi connectivity index (χ1v) is 7.27. The van der Waals surface area contributed by atoms with Crippen LogP contribution in [0.1, 0.15) is 39.2 Å². The Morgan fingerprint density at radius 1 is 1.45 bits per heavy atom. The molecular formula is C15H25N3O2. The lowest BCUT2D eigenvalue weighted by atomic mass is 10.1. The molecule has 5 nitrogen and oxygen atoms in total. The Labute approximate surface area is 120 Å². The van der Waals surface area contributed by atoms with Crippen LogP contribution in [0.2, 0.25) is 0 Å². The van der Waals surface area contributed by atoms with Crippen LogP contribution in [0.5, 0.6) is 0 Å². The summed E-state index contributed by atoms with van der Waals surface area (Å²) in [5.41, 5.74) is 0.847. The summed E-state index contributed by atoms with van der Waals surface area (Å²) in [5, 5.41) is 3.53. The molecule has 1 aliphatic rings. The van der Waals surface area contributed by atoms with E-state index in [4.69, 9.17) is 4.74 Å². The largest absolute Gasteiger partial charge is 0.444 e. The number of likely N-dealkylation sites (tertiary alicyclic amines) is 1. The number of aromatic nitrogens is 1. The molecule has 1 amide bonds. The van der Waals surface area contributed by atoms with Gasteiger partial charge in [0.1, 0.15) is 5.60 Å². The summed E-state index contributed by atoms with van der Waals surface area (Å²) in [6.45, 7) is 8.10. The van der Waals surface area contributed by atoms with Crippen LogP contribution in [0.25, 0.3) is 0 Å². The van der Waals surface area contributed by atoms with Crippen molar-refractivity contribution in [2.75, 3.05) is 13.1 Å². The van der Waals surface area contributed by atoms with E-state index in [0.717, 1.165) is 32.5 Å². The summed E-state index contributed by atoms with van der Waals surface area (Å²) < 4.78 is 5.39. The van der Waals surface area contributed by atoms with Crippen LogP contribution in [-0.2, 0) is 11.3 Å². The van der Waals surface area contributed by atoms with Gasteiger partial charge in [-0.25, -0.2) is 4.79 Å². The topological polar surface area (TPSA) is 57.4 Å². The Bertz CT molecular complexity index is 415. The predicted molar refractivity (Wildman–Crippen MR) is 78.5 cm³/mol. The maximum absolute atomic E-state index is 11.9. The van der Waals surface area contributed by atoms with E-state index in [1.54, 1.807) is 4.90 Å². The molecule has 5 heteroatoms. The van der Waals surface area contributed by atoms with E-state index in [1.165, 1.54) is 5.56 Å². The molecule has 1 aromatic heterocycles. The number of hydrogen-bond donors (Lipinski definition) is 2. The first-order valence-electron chi connectivity index (χ1n) is 7.27. The van der Waals surface area contributed by atoms with Crippen molar-refractivity contribution in [2.45, 2.75) is 51.8 Å². The van der Waals surface area contributed by atoms with E-state index in [1.807, 2.05) is 33.2 Å². The number of piperidine rings is 1. The highest BCUT2D eigenvalue weighted by Crippen LogP contribution is 2.15. The lowest BCUT2D eigenvalue weighted by Gasteiger charge is -2.33. The third-order valence-electron chi connectivity index (χ3n) is 3.40. The average molecular weight is 279 g/mol. The zero-order chi connectivity index (χ0) is 14.6. The van der Waals surface area contributed by atoms with Gasteiger partial charge in [-0.1, -0.05) is 0 Å². The van der Waals surface area contributed by atoms with Crippen molar-refractivity contribution in [3.8, 4) is 0 Å². The SMILES string of the molecule is CC(C)(C)OC(=O)N1CCC(NCc2cc[nH]c2)CC1. The van der Waals surface area contributed by atoms with E-state index in [0.29, 0.717) is 6.04 Å². The molecule has 1 fully saturated rings. The summed E-state index contributed by atoms with van der Waals surface area (Å²) in [6, 6.07) is 2.55. The van der Waals surface area contributed by atoms with Crippen molar-refractivity contribution in [3.63, 3.8) is 0 Å². The van der Waals surface area contributed by atoms with Crippen LogP contribution in [0, 0.1) is 0 Å². The van der Waals surface area contributed by atoms with Gasteiger partial charge in [0.2, 0.25) is 0 Å². The first kappa shape index (κ1) is 14.9. The zero-order valence-electron chi connectivity index (χ0n) is 12.6. The molecule has 0 aliphatic carbocycles. The summed E-state index contributed by atoms with van der Waals surface area (Å²) in [4.78, 5) is 16.8. The summed E-state index contributed by atoms with van der Waals surface area (Å²) >= 11 is 0. The fourth-order valence-electron chi connectivity index (χ4n) is 2.32. The maximum Gasteiger partial charge on any atom is 0.410 e. The number of carbonyl (C=O) groups is 1. The molecule has 0 bridgehead atoms. The van der Waals surface area contributed by atoms with Crippen LogP contribution in [0.3, 0.4) is 0 Å². The van der Waals surface area contributed by atoms with Gasteiger partial charge in [0, 0.05) is 38.1 Å². The zero-order valence-corrected chi connectivity index (χ0v) is 12.6. The lowest BCUT2D eigenvalue weighted by molar-refractivity contribution is 0.0198. The number of carbonyl (C=O) groups excluding carboxylic acids is 1. The number of nitrogens with zero attached hydrogens (tertiary/aromatic N) is 1. The van der Waals surface area contributed by atoms with Crippen molar-refractivity contribution in [1.82, 2.24) is 15.2 Å². The van der Waals surface area contributed by atoms with Gasteiger partial charge in [0.15, 0.2) is 0 Å². The van der Waals surface area contributed by atoms with Gasteiger partial charge < -0.3 is 19.9 Å². The number of H-pyrrole nitrogens is 1. The molecule has 0 atom stereocenters. The number of aromatic amines is 1. The van der Waals surface area contributed by atoms with Crippen molar-refractivity contribution in [1.29, 1.82) is 0 Å². The molecule has 112 valence electrons. The van der Waals surface area contributed by atoms with Crippen molar-refractivity contribution < 1.29 is 9.53 Å². The average Bonchev–Trinajstić information content (AvgIpc) is 2.88. The second kappa shape index (κ2) is 6.31. The lowest BCUT2D eigenvalue weighted by Crippen LogP contribution is -2.46. The molecule has 0 radical (unpaired) electrons. The quantitative estimate of drug-likeness (QED) is 0.894. The Hall–Kier alpha value is -1.49. The number of rotatable bonds is 3. The van der Waals surface area contributed by atoms with Crippen molar-refractivity contribution >= 4 is 6.09 Å². The minimum atomic E-state index is -0.416. The van der Waals surface area contributed by atoms with Gasteiger partial charge in [-0.3, -0.25) is 0 Å². The minimum absolute atomic E-state index is 0.193. The highest BCUT2D eigenvalue weighted by molar-refractivity contribution is 5.68. The van der Waals surface area contributed by atoms with E-state index in [2.05, 4.69) is 16.4 Å². The predicted octanol–water partition coefficient (Wildman–Crippen LogP) is 2.50. The second-order valence-electron chi connectivity index (χ2n) is 6.34. The third-order valence-corrected chi connectivity index (χ3v) is 3.40. The molecule has 2 N–H and O–H groups in total. The van der Waals surface area contributed by atoms with Gasteiger partial charge >= 0.3 is 6.09 Å². The fourth-order valence-corrected chi connectivity index (χ4v) is 2.32. The molecule has 2 heterocycles. The number of nitrogens with one attached hydrogen (secondary N) is 2. The minimum Gasteiger partial charge on any atom is -0.444 e. The van der Waals surface area contributed by atoms with Crippen LogP contribution in [0.15, 0.2) is 18.5 Å². The van der Waals surface area contributed by atoms with Crippen LogP contribution in [-0.4, -0.2) is 40.7 Å². The molecule has 1 aliphatic heterocycles. The van der Waals surface area contributed by atoms with Gasteiger partial charge in [-0.2, -0.15) is 0 Å². The summed E-state index contributed by atoms with van der Waals surface area (Å²) in [6.07, 6.45) is 5.69. The number of ether oxygens (including phenoxy) is 1. The smallest absolute Gasteiger partial charge is 0.410 e. The number of amides is 1. The highest BCUT2D eigenvalue weighted by Gasteiger charge is 2.26. The van der Waals surface area contributed by atoms with E-state index in [9.17, 15) is 4.79 Å². The summed E-state index contributed by atoms with van der Waals surface area (Å²) in [7, 11) is 0. The molecule has 20 heavy (non-hydrogen) atoms. The Morgan fingerprint density at radius 3 is 2.70 bits per heavy atom. The van der Waals surface area contributed by atoms with Gasteiger partial charge in [0.05, 0.1) is 0 Å². The van der Waals surface area contributed by atoms with E-state index < -0.39 is 5.60 Å². The van der Waals surface area contributed by atoms with E-state index in [-0.39, 0.29) is 6.09 Å². The highest BCUT2D eigenvalue weighted by atomic mass is 16.6. The molecule has 0 aromatic carbocycles. The maximum atomic E-state index is 11.9. The van der Waals surface area contributed by atoms with Gasteiger partial charge in [-0.05, 0) is 45.2 Å². The van der Waals surface area contributed by atoms with E-state index >= 15 is 0 Å². The molecule has 0 spiro atoms. The monoisotopic (exact) mass is 279 g/mol.